The molecule has 0 unspecified atom stereocenters. The Balaban J connectivity index is 1.30. The van der Waals surface area contributed by atoms with Crippen LogP contribution in [0.4, 0.5) is 0 Å². The van der Waals surface area contributed by atoms with E-state index in [1.807, 2.05) is 11.3 Å². The molecule has 0 bridgehead atoms. The molecule has 0 saturated heterocycles. The standard InChI is InChI=1S/C50H31N3S2/c1-28-14-3-6-17-32(28)33-22-13-23-34(29(33)2)45-49(51-46-38-21-10-12-25-41(38)55-50(46)52-45)53-40-24-11-9-20-37(40)43-35-18-7-8-19-36(35)44-39-26-30-15-4-5-16-31(30)27-42(39)54-48(44)47(43)53/h3-27H,1-2H3. The third-order valence-electron chi connectivity index (χ3n) is 11.5. The number of aromatic nitrogens is 3. The molecule has 0 amide bonds. The number of para-hydroxylation sites is 1. The molecule has 0 fully saturated rings. The van der Waals surface area contributed by atoms with Crippen molar-refractivity contribution < 1.29 is 0 Å². The Bertz CT molecular complexity index is 3580. The molecule has 258 valence electrons. The Morgan fingerprint density at radius 1 is 0.491 bits per heavy atom. The van der Waals surface area contributed by atoms with Crippen LogP contribution in [0, 0.1) is 13.8 Å². The molecule has 12 rings (SSSR count). The van der Waals surface area contributed by atoms with Crippen molar-refractivity contribution in [3.05, 3.63) is 163 Å². The van der Waals surface area contributed by atoms with Crippen LogP contribution in [-0.2, 0) is 0 Å². The maximum Gasteiger partial charge on any atom is 0.165 e. The predicted molar refractivity (Wildman–Crippen MR) is 238 cm³/mol. The van der Waals surface area contributed by atoms with Gasteiger partial charge in [0, 0.05) is 41.9 Å². The van der Waals surface area contributed by atoms with Crippen molar-refractivity contribution in [2.75, 3.05) is 0 Å². The first-order valence-electron chi connectivity index (χ1n) is 18.7. The summed E-state index contributed by atoms with van der Waals surface area (Å²) in [6, 6.07) is 55.2. The van der Waals surface area contributed by atoms with E-state index in [0.717, 1.165) is 38.3 Å². The summed E-state index contributed by atoms with van der Waals surface area (Å²) in [7, 11) is 0. The van der Waals surface area contributed by atoms with Crippen molar-refractivity contribution in [1.82, 2.24) is 14.5 Å². The van der Waals surface area contributed by atoms with Crippen LogP contribution in [-0.4, -0.2) is 14.5 Å². The van der Waals surface area contributed by atoms with Gasteiger partial charge in [-0.25, -0.2) is 9.97 Å². The first-order valence-corrected chi connectivity index (χ1v) is 20.3. The largest absolute Gasteiger partial charge is 0.290 e. The van der Waals surface area contributed by atoms with E-state index < -0.39 is 0 Å². The maximum atomic E-state index is 5.74. The zero-order chi connectivity index (χ0) is 36.4. The summed E-state index contributed by atoms with van der Waals surface area (Å²) >= 11 is 3.61. The van der Waals surface area contributed by atoms with Gasteiger partial charge >= 0.3 is 0 Å². The van der Waals surface area contributed by atoms with Crippen molar-refractivity contribution in [3.8, 4) is 28.2 Å². The SMILES string of the molecule is Cc1ccccc1-c1cccc(-c2nc3sc4ccccc4c3nc2-n2c3ccccc3c3c4ccccc4c4c5cc6ccccc6cc5sc4c32)c1C. The molecule has 0 aliphatic rings. The fourth-order valence-electron chi connectivity index (χ4n) is 8.99. The summed E-state index contributed by atoms with van der Waals surface area (Å²) in [6.07, 6.45) is 0. The van der Waals surface area contributed by atoms with Crippen molar-refractivity contribution in [1.29, 1.82) is 0 Å². The van der Waals surface area contributed by atoms with Gasteiger partial charge in [0.25, 0.3) is 0 Å². The first kappa shape index (κ1) is 31.0. The molecule has 0 atom stereocenters. The number of hydrogen-bond acceptors (Lipinski definition) is 4. The lowest BCUT2D eigenvalue weighted by Crippen LogP contribution is -2.04. The van der Waals surface area contributed by atoms with E-state index in [1.165, 1.54) is 85.0 Å². The highest BCUT2D eigenvalue weighted by Crippen LogP contribution is 2.49. The number of hydrogen-bond donors (Lipinski definition) is 0. The lowest BCUT2D eigenvalue weighted by Gasteiger charge is -2.17. The van der Waals surface area contributed by atoms with Crippen LogP contribution >= 0.6 is 22.7 Å². The zero-order valence-electron chi connectivity index (χ0n) is 30.1. The van der Waals surface area contributed by atoms with Crippen LogP contribution in [0.1, 0.15) is 11.1 Å². The molecule has 4 heterocycles. The monoisotopic (exact) mass is 737 g/mol. The second kappa shape index (κ2) is 11.6. The van der Waals surface area contributed by atoms with Gasteiger partial charge in [0.2, 0.25) is 0 Å². The Labute approximate surface area is 324 Å². The third-order valence-corrected chi connectivity index (χ3v) is 13.8. The van der Waals surface area contributed by atoms with Crippen molar-refractivity contribution >= 4 is 107 Å². The minimum atomic E-state index is 0.853. The number of rotatable bonds is 3. The molecule has 8 aromatic carbocycles. The summed E-state index contributed by atoms with van der Waals surface area (Å²) in [5.74, 6) is 0.853. The fourth-order valence-corrected chi connectivity index (χ4v) is 11.3. The molecule has 0 saturated carbocycles. The average molecular weight is 738 g/mol. The minimum Gasteiger partial charge on any atom is -0.290 e. The Morgan fingerprint density at radius 2 is 1.15 bits per heavy atom. The molecular formula is C50H31N3S2. The van der Waals surface area contributed by atoms with Crippen LogP contribution in [0.3, 0.4) is 0 Å². The fraction of sp³-hybridized carbons (Fsp3) is 0.0400. The molecule has 55 heavy (non-hydrogen) atoms. The number of benzene rings is 8. The third kappa shape index (κ3) is 4.36. The van der Waals surface area contributed by atoms with E-state index >= 15 is 0 Å². The van der Waals surface area contributed by atoms with E-state index in [1.54, 1.807) is 11.3 Å². The first-order chi connectivity index (χ1) is 27.1. The Hall–Kier alpha value is -6.40. The number of aryl methyl sites for hydroxylation is 1. The summed E-state index contributed by atoms with van der Waals surface area (Å²) in [5.41, 5.74) is 10.1. The van der Waals surface area contributed by atoms with Crippen molar-refractivity contribution in [2.45, 2.75) is 13.8 Å². The van der Waals surface area contributed by atoms with Crippen molar-refractivity contribution in [2.24, 2.45) is 0 Å². The molecule has 0 N–H and O–H groups in total. The summed E-state index contributed by atoms with van der Waals surface area (Å²) in [4.78, 5) is 12.3. The topological polar surface area (TPSA) is 30.7 Å². The van der Waals surface area contributed by atoms with Crippen molar-refractivity contribution in [3.63, 3.8) is 0 Å². The van der Waals surface area contributed by atoms with E-state index in [4.69, 9.17) is 9.97 Å². The molecule has 4 aromatic heterocycles. The summed E-state index contributed by atoms with van der Waals surface area (Å²) < 4.78 is 6.19. The molecule has 0 radical (unpaired) electrons. The van der Waals surface area contributed by atoms with Gasteiger partial charge in [0.1, 0.15) is 16.0 Å². The zero-order valence-corrected chi connectivity index (χ0v) is 31.7. The van der Waals surface area contributed by atoms with Gasteiger partial charge < -0.3 is 0 Å². The number of fused-ring (bicyclic) bond motifs is 14. The number of nitrogens with zero attached hydrogens (tertiary/aromatic N) is 3. The molecule has 12 aromatic rings. The average Bonchev–Trinajstić information content (AvgIpc) is 3.89. The maximum absolute atomic E-state index is 5.74. The van der Waals surface area contributed by atoms with E-state index in [0.29, 0.717) is 0 Å². The second-order valence-corrected chi connectivity index (χ2v) is 16.6. The smallest absolute Gasteiger partial charge is 0.165 e. The van der Waals surface area contributed by atoms with Crippen LogP contribution in [0.25, 0.3) is 112 Å². The quantitative estimate of drug-likeness (QED) is 0.181. The van der Waals surface area contributed by atoms with Gasteiger partial charge in [-0.05, 0) is 81.9 Å². The van der Waals surface area contributed by atoms with E-state index in [9.17, 15) is 0 Å². The molecule has 3 nitrogen and oxygen atoms in total. The van der Waals surface area contributed by atoms with E-state index in [-0.39, 0.29) is 0 Å². The lowest BCUT2D eigenvalue weighted by atomic mass is 9.92. The Kier molecular flexibility index (Phi) is 6.51. The molecule has 0 aliphatic carbocycles. The second-order valence-electron chi connectivity index (χ2n) is 14.6. The van der Waals surface area contributed by atoms with Gasteiger partial charge in [-0.1, -0.05) is 127 Å². The molecule has 5 heteroatoms. The van der Waals surface area contributed by atoms with Gasteiger partial charge in [0.15, 0.2) is 5.82 Å². The predicted octanol–water partition coefficient (Wildman–Crippen LogP) is 14.6. The van der Waals surface area contributed by atoms with Gasteiger partial charge in [-0.2, -0.15) is 0 Å². The number of thiophene rings is 2. The highest BCUT2D eigenvalue weighted by molar-refractivity contribution is 7.27. The van der Waals surface area contributed by atoms with Crippen LogP contribution in [0.5, 0.6) is 0 Å². The highest BCUT2D eigenvalue weighted by atomic mass is 32.1. The van der Waals surface area contributed by atoms with Crippen LogP contribution in [0.15, 0.2) is 152 Å². The van der Waals surface area contributed by atoms with Crippen LogP contribution in [0.2, 0.25) is 0 Å². The van der Waals surface area contributed by atoms with Crippen LogP contribution < -0.4 is 0 Å². The minimum absolute atomic E-state index is 0.853. The summed E-state index contributed by atoms with van der Waals surface area (Å²) in [6.45, 7) is 4.43. The lowest BCUT2D eigenvalue weighted by molar-refractivity contribution is 1.09. The van der Waals surface area contributed by atoms with Gasteiger partial charge in [-0.15, -0.1) is 22.7 Å². The molecule has 0 aliphatic heterocycles. The molecule has 0 spiro atoms. The molecular weight excluding hydrogens is 707 g/mol. The normalized spacial score (nSPS) is 12.2. The highest BCUT2D eigenvalue weighted by Gasteiger charge is 2.26. The Morgan fingerprint density at radius 3 is 1.98 bits per heavy atom. The van der Waals surface area contributed by atoms with Gasteiger partial charge in [0.05, 0.1) is 15.7 Å². The van der Waals surface area contributed by atoms with E-state index in [2.05, 4.69) is 170 Å². The van der Waals surface area contributed by atoms with Gasteiger partial charge in [-0.3, -0.25) is 4.57 Å². The summed E-state index contributed by atoms with van der Waals surface area (Å²) in [5, 5.41) is 11.2.